The van der Waals surface area contributed by atoms with Gasteiger partial charge in [0.2, 0.25) is 11.8 Å². The summed E-state index contributed by atoms with van der Waals surface area (Å²) in [6.45, 7) is 1.47. The second-order valence-corrected chi connectivity index (χ2v) is 6.98. The lowest BCUT2D eigenvalue weighted by Crippen LogP contribution is -2.26. The van der Waals surface area contributed by atoms with Crippen molar-refractivity contribution in [3.05, 3.63) is 72.7 Å². The summed E-state index contributed by atoms with van der Waals surface area (Å²) >= 11 is 0. The summed E-state index contributed by atoms with van der Waals surface area (Å²) in [4.78, 5) is 30.0. The molecule has 156 valence electrons. The Morgan fingerprint density at radius 2 is 1.84 bits per heavy atom. The van der Waals surface area contributed by atoms with E-state index in [1.807, 2.05) is 30.3 Å². The van der Waals surface area contributed by atoms with Gasteiger partial charge in [0.15, 0.2) is 0 Å². The Kier molecular flexibility index (Phi) is 5.36. The number of carbonyl (C=O) groups excluding carboxylic acids is 2. The van der Waals surface area contributed by atoms with Crippen LogP contribution in [-0.4, -0.2) is 40.6 Å². The van der Waals surface area contributed by atoms with Gasteiger partial charge in [0.25, 0.3) is 5.91 Å². The minimum atomic E-state index is -0.164. The zero-order chi connectivity index (χ0) is 22.0. The Hall–Kier alpha value is -4.20. The van der Waals surface area contributed by atoms with E-state index in [4.69, 9.17) is 4.74 Å². The van der Waals surface area contributed by atoms with Gasteiger partial charge in [0, 0.05) is 43.0 Å². The van der Waals surface area contributed by atoms with Crippen LogP contribution in [0.4, 0.5) is 11.4 Å². The zero-order valence-electron chi connectivity index (χ0n) is 17.4. The first kappa shape index (κ1) is 20.1. The van der Waals surface area contributed by atoms with Crippen LogP contribution in [0.5, 0.6) is 5.88 Å². The molecule has 3 aromatic heterocycles. The van der Waals surface area contributed by atoms with Crippen LogP contribution in [0.3, 0.4) is 0 Å². The quantitative estimate of drug-likeness (QED) is 0.538. The number of amides is 2. The van der Waals surface area contributed by atoms with Crippen molar-refractivity contribution >= 4 is 28.7 Å². The van der Waals surface area contributed by atoms with Crippen LogP contribution in [0.2, 0.25) is 0 Å². The van der Waals surface area contributed by atoms with Crippen LogP contribution in [0.25, 0.3) is 16.6 Å². The van der Waals surface area contributed by atoms with E-state index in [0.717, 1.165) is 22.3 Å². The zero-order valence-corrected chi connectivity index (χ0v) is 17.4. The fourth-order valence-electron chi connectivity index (χ4n) is 3.28. The van der Waals surface area contributed by atoms with Crippen LogP contribution < -0.4 is 15.0 Å². The summed E-state index contributed by atoms with van der Waals surface area (Å²) in [5.74, 6) is 0.199. The number of benzene rings is 1. The van der Waals surface area contributed by atoms with Gasteiger partial charge < -0.3 is 15.0 Å². The van der Waals surface area contributed by atoms with E-state index < -0.39 is 0 Å². The van der Waals surface area contributed by atoms with E-state index in [2.05, 4.69) is 15.4 Å². The predicted octanol–water partition coefficient (Wildman–Crippen LogP) is 3.64. The van der Waals surface area contributed by atoms with Crippen molar-refractivity contribution in [3.63, 3.8) is 0 Å². The lowest BCUT2D eigenvalue weighted by Gasteiger charge is -2.17. The molecule has 31 heavy (non-hydrogen) atoms. The molecular weight excluding hydrogens is 394 g/mol. The number of ether oxygens (including phenoxy) is 1. The number of hydrogen-bond acceptors (Lipinski definition) is 5. The third-order valence-corrected chi connectivity index (χ3v) is 4.91. The lowest BCUT2D eigenvalue weighted by molar-refractivity contribution is -0.114. The molecule has 4 rings (SSSR count). The number of fused-ring (bicyclic) bond motifs is 1. The monoisotopic (exact) mass is 415 g/mol. The average molecular weight is 415 g/mol. The van der Waals surface area contributed by atoms with Crippen molar-refractivity contribution in [1.82, 2.24) is 14.6 Å². The molecular formula is C23H21N5O3. The summed E-state index contributed by atoms with van der Waals surface area (Å²) in [5, 5.41) is 7.14. The van der Waals surface area contributed by atoms with E-state index in [1.165, 1.54) is 11.8 Å². The standard InChI is InChI=1S/C23H21N5O3/c1-15(29)26-18-6-4-16(5-7-18)20-14-25-28-11-10-17(12-21(20)28)23(30)27(2)19-8-9-22(31-3)24-13-19/h4-14H,1-3H3,(H,26,29). The summed E-state index contributed by atoms with van der Waals surface area (Å²) < 4.78 is 6.79. The van der Waals surface area contributed by atoms with Crippen molar-refractivity contribution in [1.29, 1.82) is 0 Å². The lowest BCUT2D eigenvalue weighted by atomic mass is 10.1. The molecule has 0 spiro atoms. The Bertz CT molecular complexity index is 1250. The van der Waals surface area contributed by atoms with Crippen LogP contribution in [0.15, 0.2) is 67.1 Å². The third kappa shape index (κ3) is 4.09. The first-order valence-corrected chi connectivity index (χ1v) is 9.60. The highest BCUT2D eigenvalue weighted by Crippen LogP contribution is 2.27. The Balaban J connectivity index is 1.64. The first-order chi connectivity index (χ1) is 15.0. The molecule has 0 aliphatic rings. The Morgan fingerprint density at radius 1 is 1.06 bits per heavy atom. The molecule has 2 amide bonds. The van der Waals surface area contributed by atoms with Gasteiger partial charge >= 0.3 is 0 Å². The Labute approximate surface area is 179 Å². The van der Waals surface area contributed by atoms with Crippen molar-refractivity contribution < 1.29 is 14.3 Å². The van der Waals surface area contributed by atoms with Crippen LogP contribution in [0.1, 0.15) is 17.3 Å². The van der Waals surface area contributed by atoms with Gasteiger partial charge in [-0.25, -0.2) is 9.50 Å². The third-order valence-electron chi connectivity index (χ3n) is 4.91. The minimum Gasteiger partial charge on any atom is -0.481 e. The predicted molar refractivity (Wildman–Crippen MR) is 118 cm³/mol. The average Bonchev–Trinajstić information content (AvgIpc) is 3.21. The number of carbonyl (C=O) groups is 2. The van der Waals surface area contributed by atoms with E-state index >= 15 is 0 Å². The number of nitrogens with one attached hydrogen (secondary N) is 1. The summed E-state index contributed by atoms with van der Waals surface area (Å²) in [6.07, 6.45) is 5.11. The molecule has 1 aromatic carbocycles. The van der Waals surface area contributed by atoms with E-state index in [-0.39, 0.29) is 11.8 Å². The maximum atomic E-state index is 13.1. The highest BCUT2D eigenvalue weighted by molar-refractivity contribution is 6.06. The molecule has 0 bridgehead atoms. The number of rotatable bonds is 5. The number of aromatic nitrogens is 3. The molecule has 0 aliphatic carbocycles. The topological polar surface area (TPSA) is 88.8 Å². The summed E-state index contributed by atoms with van der Waals surface area (Å²) in [7, 11) is 3.25. The molecule has 0 aliphatic heterocycles. The molecule has 0 radical (unpaired) electrons. The molecule has 0 saturated carbocycles. The molecule has 0 saturated heterocycles. The number of pyridine rings is 2. The van der Waals surface area contributed by atoms with Crippen LogP contribution in [0, 0.1) is 0 Å². The van der Waals surface area contributed by atoms with Crippen molar-refractivity contribution in [2.45, 2.75) is 6.92 Å². The maximum Gasteiger partial charge on any atom is 0.258 e. The van der Waals surface area contributed by atoms with Gasteiger partial charge in [0.05, 0.1) is 30.7 Å². The second kappa shape index (κ2) is 8.27. The number of anilines is 2. The minimum absolute atomic E-state index is 0.122. The molecule has 0 unspecified atom stereocenters. The summed E-state index contributed by atoms with van der Waals surface area (Å²) in [6, 6.07) is 14.5. The molecule has 3 heterocycles. The van der Waals surface area contributed by atoms with Crippen LogP contribution in [-0.2, 0) is 4.79 Å². The highest BCUT2D eigenvalue weighted by Gasteiger charge is 2.16. The largest absolute Gasteiger partial charge is 0.481 e. The van der Waals surface area contributed by atoms with Gasteiger partial charge in [-0.05, 0) is 35.9 Å². The highest BCUT2D eigenvalue weighted by atomic mass is 16.5. The molecule has 0 atom stereocenters. The molecule has 4 aromatic rings. The van der Waals surface area contributed by atoms with Gasteiger partial charge in [-0.2, -0.15) is 5.10 Å². The van der Waals surface area contributed by atoms with Gasteiger partial charge in [-0.3, -0.25) is 9.59 Å². The van der Waals surface area contributed by atoms with Gasteiger partial charge in [-0.15, -0.1) is 0 Å². The van der Waals surface area contributed by atoms with Crippen LogP contribution >= 0.6 is 0 Å². The molecule has 1 N–H and O–H groups in total. The van der Waals surface area contributed by atoms with E-state index in [1.54, 1.807) is 55.5 Å². The fraction of sp³-hybridized carbons (Fsp3) is 0.130. The molecule has 8 nitrogen and oxygen atoms in total. The van der Waals surface area contributed by atoms with E-state index in [0.29, 0.717) is 17.1 Å². The molecule has 0 fully saturated rings. The first-order valence-electron chi connectivity index (χ1n) is 9.60. The van der Waals surface area contributed by atoms with Crippen molar-refractivity contribution in [2.24, 2.45) is 0 Å². The number of hydrogen-bond donors (Lipinski definition) is 1. The smallest absolute Gasteiger partial charge is 0.258 e. The molecule has 8 heteroatoms. The SMILES string of the molecule is COc1ccc(N(C)C(=O)c2ccn3ncc(-c4ccc(NC(C)=O)cc4)c3c2)cn1. The maximum absolute atomic E-state index is 13.1. The normalized spacial score (nSPS) is 10.7. The number of nitrogens with zero attached hydrogens (tertiary/aromatic N) is 4. The van der Waals surface area contributed by atoms with Crippen molar-refractivity contribution in [3.8, 4) is 17.0 Å². The second-order valence-electron chi connectivity index (χ2n) is 6.98. The van der Waals surface area contributed by atoms with Gasteiger partial charge in [0.1, 0.15) is 0 Å². The van der Waals surface area contributed by atoms with E-state index in [9.17, 15) is 9.59 Å². The summed E-state index contributed by atoms with van der Waals surface area (Å²) in [5.41, 5.74) is 4.53. The Morgan fingerprint density at radius 3 is 2.48 bits per heavy atom. The van der Waals surface area contributed by atoms with Gasteiger partial charge in [-0.1, -0.05) is 12.1 Å². The number of methoxy groups -OCH3 is 1. The van der Waals surface area contributed by atoms with Crippen molar-refractivity contribution in [2.75, 3.05) is 24.4 Å². The fourth-order valence-corrected chi connectivity index (χ4v) is 3.28.